The maximum absolute atomic E-state index is 9.86. The Morgan fingerprint density at radius 1 is 1.59 bits per heavy atom. The van der Waals surface area contributed by atoms with Crippen LogP contribution in [0.3, 0.4) is 0 Å². The first-order valence-corrected chi connectivity index (χ1v) is 7.34. The second-order valence-electron chi connectivity index (χ2n) is 4.44. The smallest absolute Gasteiger partial charge is 0.138 e. The van der Waals surface area contributed by atoms with Crippen LogP contribution in [0.2, 0.25) is 0 Å². The standard InChI is InChI=1S/C13H20N2OS/c1-2-6-17-12-5-3-4-10-13(12)9(7-14)11(16)8-15-10/h8,12,16H,2-7,14H2,1H3/t12-/m1/s1. The molecule has 17 heavy (non-hydrogen) atoms. The third-order valence-corrected chi connectivity index (χ3v) is 4.73. The fourth-order valence-corrected chi connectivity index (χ4v) is 3.72. The molecule has 1 atom stereocenters. The van der Waals surface area contributed by atoms with Gasteiger partial charge in [0.1, 0.15) is 5.75 Å². The molecule has 3 nitrogen and oxygen atoms in total. The average molecular weight is 252 g/mol. The van der Waals surface area contributed by atoms with Gasteiger partial charge in [0.25, 0.3) is 0 Å². The second-order valence-corrected chi connectivity index (χ2v) is 5.75. The summed E-state index contributed by atoms with van der Waals surface area (Å²) >= 11 is 1.97. The van der Waals surface area contributed by atoms with Gasteiger partial charge in [0.2, 0.25) is 0 Å². The molecule has 0 saturated carbocycles. The molecule has 3 N–H and O–H groups in total. The van der Waals surface area contributed by atoms with Crippen LogP contribution in [0.5, 0.6) is 5.75 Å². The van der Waals surface area contributed by atoms with E-state index in [1.54, 1.807) is 6.20 Å². The summed E-state index contributed by atoms with van der Waals surface area (Å²) in [5, 5.41) is 10.3. The third-order valence-electron chi connectivity index (χ3n) is 3.22. The van der Waals surface area contributed by atoms with Gasteiger partial charge in [0.05, 0.1) is 6.20 Å². The molecular formula is C13H20N2OS. The number of pyridine rings is 1. The number of aryl methyl sites for hydroxylation is 1. The summed E-state index contributed by atoms with van der Waals surface area (Å²) in [6, 6.07) is 0. The van der Waals surface area contributed by atoms with E-state index in [1.807, 2.05) is 11.8 Å². The number of thioether (sulfide) groups is 1. The van der Waals surface area contributed by atoms with Crippen LogP contribution in [0.15, 0.2) is 6.20 Å². The molecule has 0 aliphatic heterocycles. The van der Waals surface area contributed by atoms with Crippen LogP contribution in [-0.2, 0) is 13.0 Å². The lowest BCUT2D eigenvalue weighted by Crippen LogP contribution is -2.15. The zero-order valence-electron chi connectivity index (χ0n) is 10.3. The summed E-state index contributed by atoms with van der Waals surface area (Å²) in [7, 11) is 0. The molecule has 1 aromatic rings. The largest absolute Gasteiger partial charge is 0.506 e. The molecule has 2 rings (SSSR count). The number of rotatable bonds is 4. The fraction of sp³-hybridized carbons (Fsp3) is 0.615. The molecule has 1 aromatic heterocycles. The molecule has 0 amide bonds. The Labute approximate surface area is 107 Å². The number of hydrogen-bond acceptors (Lipinski definition) is 4. The normalized spacial score (nSPS) is 19.1. The number of aromatic nitrogens is 1. The molecule has 94 valence electrons. The number of nitrogens with two attached hydrogens (primary N) is 1. The van der Waals surface area contributed by atoms with E-state index in [-0.39, 0.29) is 5.75 Å². The van der Waals surface area contributed by atoms with Crippen LogP contribution in [0, 0.1) is 0 Å². The van der Waals surface area contributed by atoms with Gasteiger partial charge in [0, 0.05) is 23.1 Å². The zero-order valence-corrected chi connectivity index (χ0v) is 11.1. The molecule has 0 spiro atoms. The van der Waals surface area contributed by atoms with Gasteiger partial charge in [-0.05, 0) is 37.0 Å². The highest BCUT2D eigenvalue weighted by Gasteiger charge is 2.25. The Morgan fingerprint density at radius 3 is 3.12 bits per heavy atom. The van der Waals surface area contributed by atoms with Crippen molar-refractivity contribution < 1.29 is 5.11 Å². The molecule has 0 unspecified atom stereocenters. The Morgan fingerprint density at radius 2 is 2.41 bits per heavy atom. The van der Waals surface area contributed by atoms with Crippen LogP contribution >= 0.6 is 11.8 Å². The Bertz CT molecular complexity index is 395. The highest BCUT2D eigenvalue weighted by molar-refractivity contribution is 7.99. The predicted molar refractivity (Wildman–Crippen MR) is 72.2 cm³/mol. The lowest BCUT2D eigenvalue weighted by molar-refractivity contribution is 0.461. The van der Waals surface area contributed by atoms with Crippen molar-refractivity contribution in [3.05, 3.63) is 23.0 Å². The first-order chi connectivity index (χ1) is 8.27. The van der Waals surface area contributed by atoms with Crippen molar-refractivity contribution in [1.82, 2.24) is 4.98 Å². The van der Waals surface area contributed by atoms with Gasteiger partial charge in [-0.1, -0.05) is 6.92 Å². The van der Waals surface area contributed by atoms with E-state index in [4.69, 9.17) is 5.73 Å². The number of aromatic hydroxyl groups is 1. The monoisotopic (exact) mass is 252 g/mol. The minimum Gasteiger partial charge on any atom is -0.506 e. The molecular weight excluding hydrogens is 232 g/mol. The van der Waals surface area contributed by atoms with E-state index in [1.165, 1.54) is 24.8 Å². The first-order valence-electron chi connectivity index (χ1n) is 6.29. The molecule has 0 saturated heterocycles. The summed E-state index contributed by atoms with van der Waals surface area (Å²) in [4.78, 5) is 4.37. The Balaban J connectivity index is 2.36. The molecule has 1 heterocycles. The van der Waals surface area contributed by atoms with Crippen molar-refractivity contribution >= 4 is 11.8 Å². The van der Waals surface area contributed by atoms with E-state index < -0.39 is 0 Å². The Hall–Kier alpha value is -0.740. The topological polar surface area (TPSA) is 59.1 Å². The zero-order chi connectivity index (χ0) is 12.3. The summed E-state index contributed by atoms with van der Waals surface area (Å²) in [6.45, 7) is 2.60. The van der Waals surface area contributed by atoms with Crippen molar-refractivity contribution in [3.63, 3.8) is 0 Å². The molecule has 0 radical (unpaired) electrons. The summed E-state index contributed by atoms with van der Waals surface area (Å²) in [5.74, 6) is 1.42. The molecule has 0 fully saturated rings. The maximum atomic E-state index is 9.86. The summed E-state index contributed by atoms with van der Waals surface area (Å²) in [5.41, 5.74) is 9.04. The second kappa shape index (κ2) is 5.74. The maximum Gasteiger partial charge on any atom is 0.138 e. The van der Waals surface area contributed by atoms with Gasteiger partial charge >= 0.3 is 0 Å². The van der Waals surface area contributed by atoms with Crippen molar-refractivity contribution in [2.45, 2.75) is 44.4 Å². The lowest BCUT2D eigenvalue weighted by atomic mass is 9.91. The van der Waals surface area contributed by atoms with Crippen LogP contribution in [0.1, 0.15) is 48.3 Å². The van der Waals surface area contributed by atoms with Gasteiger partial charge in [0.15, 0.2) is 0 Å². The van der Waals surface area contributed by atoms with E-state index in [0.717, 1.165) is 23.4 Å². The van der Waals surface area contributed by atoms with Crippen molar-refractivity contribution in [1.29, 1.82) is 0 Å². The third kappa shape index (κ3) is 2.58. The van der Waals surface area contributed by atoms with E-state index >= 15 is 0 Å². The molecule has 4 heteroatoms. The summed E-state index contributed by atoms with van der Waals surface area (Å²) < 4.78 is 0. The fourth-order valence-electron chi connectivity index (χ4n) is 2.42. The van der Waals surface area contributed by atoms with Crippen LogP contribution in [-0.4, -0.2) is 15.8 Å². The molecule has 0 bridgehead atoms. The molecule has 1 aliphatic rings. The highest BCUT2D eigenvalue weighted by Crippen LogP contribution is 2.42. The van der Waals surface area contributed by atoms with Gasteiger partial charge < -0.3 is 10.8 Å². The Kier molecular flexibility index (Phi) is 4.29. The van der Waals surface area contributed by atoms with E-state index in [2.05, 4.69) is 11.9 Å². The van der Waals surface area contributed by atoms with Gasteiger partial charge in [-0.3, -0.25) is 4.98 Å². The molecule has 0 aromatic carbocycles. The quantitative estimate of drug-likeness (QED) is 0.865. The molecule has 1 aliphatic carbocycles. The minimum absolute atomic E-state index is 0.259. The number of fused-ring (bicyclic) bond motifs is 1. The van der Waals surface area contributed by atoms with Crippen LogP contribution in [0.25, 0.3) is 0 Å². The van der Waals surface area contributed by atoms with Crippen LogP contribution in [0.4, 0.5) is 0 Å². The van der Waals surface area contributed by atoms with Crippen molar-refractivity contribution in [3.8, 4) is 5.75 Å². The van der Waals surface area contributed by atoms with E-state index in [0.29, 0.717) is 11.8 Å². The van der Waals surface area contributed by atoms with Gasteiger partial charge in [-0.25, -0.2) is 0 Å². The van der Waals surface area contributed by atoms with Crippen molar-refractivity contribution in [2.75, 3.05) is 5.75 Å². The summed E-state index contributed by atoms with van der Waals surface area (Å²) in [6.07, 6.45) is 6.12. The minimum atomic E-state index is 0.259. The first kappa shape index (κ1) is 12.7. The predicted octanol–water partition coefficient (Wildman–Crippen LogP) is 2.77. The highest BCUT2D eigenvalue weighted by atomic mass is 32.2. The van der Waals surface area contributed by atoms with Crippen LogP contribution < -0.4 is 5.73 Å². The average Bonchev–Trinajstić information content (AvgIpc) is 2.36. The van der Waals surface area contributed by atoms with Crippen molar-refractivity contribution in [2.24, 2.45) is 5.73 Å². The SMILES string of the molecule is CCCS[C@@H]1CCCc2ncc(O)c(CN)c21. The van der Waals surface area contributed by atoms with E-state index in [9.17, 15) is 5.11 Å². The number of hydrogen-bond donors (Lipinski definition) is 2. The number of nitrogens with zero attached hydrogens (tertiary/aromatic N) is 1. The lowest BCUT2D eigenvalue weighted by Gasteiger charge is -2.27. The van der Waals surface area contributed by atoms with Gasteiger partial charge in [-0.15, -0.1) is 0 Å². The van der Waals surface area contributed by atoms with Gasteiger partial charge in [-0.2, -0.15) is 11.8 Å².